The van der Waals surface area contributed by atoms with Crippen molar-refractivity contribution in [2.24, 2.45) is 5.73 Å². The normalized spacial score (nSPS) is 15.6. The van der Waals surface area contributed by atoms with Gasteiger partial charge in [0, 0.05) is 37.6 Å². The van der Waals surface area contributed by atoms with E-state index in [0.717, 1.165) is 11.3 Å². The molecule has 0 fully saturated rings. The highest BCUT2D eigenvalue weighted by atomic mass is 16.5. The molecule has 2 aliphatic heterocycles. The second-order valence-electron chi connectivity index (χ2n) is 7.06. The fraction of sp³-hybridized carbons (Fsp3) is 0.182. The molecule has 8 nitrogen and oxygen atoms in total. The van der Waals surface area contributed by atoms with Crippen LogP contribution in [-0.2, 0) is 16.1 Å². The van der Waals surface area contributed by atoms with Gasteiger partial charge in [0.1, 0.15) is 11.6 Å². The van der Waals surface area contributed by atoms with Crippen LogP contribution in [0.15, 0.2) is 71.7 Å². The predicted octanol–water partition coefficient (Wildman–Crippen LogP) is 1.43. The Kier molecular flexibility index (Phi) is 5.30. The minimum atomic E-state index is -0.473. The number of rotatable bonds is 6. The molecular formula is C22H23N5O3. The maximum atomic E-state index is 11.9. The van der Waals surface area contributed by atoms with Crippen LogP contribution >= 0.6 is 0 Å². The summed E-state index contributed by atoms with van der Waals surface area (Å²) >= 11 is 0. The summed E-state index contributed by atoms with van der Waals surface area (Å²) in [6.45, 7) is 0.914. The van der Waals surface area contributed by atoms with Crippen LogP contribution < -0.4 is 31.3 Å². The number of benzene rings is 2. The summed E-state index contributed by atoms with van der Waals surface area (Å²) in [7, 11) is 1.72. The first-order chi connectivity index (χ1) is 14.5. The minimum Gasteiger partial charge on any atom is -0.482 e. The van der Waals surface area contributed by atoms with Crippen molar-refractivity contribution in [3.8, 4) is 5.75 Å². The highest BCUT2D eigenvalue weighted by molar-refractivity contribution is 5.98. The summed E-state index contributed by atoms with van der Waals surface area (Å²) in [5.74, 6) is 0.797. The van der Waals surface area contributed by atoms with Gasteiger partial charge in [0.2, 0.25) is 5.91 Å². The molecule has 4 rings (SSSR count). The lowest BCUT2D eigenvalue weighted by Crippen LogP contribution is -2.36. The number of primary amides is 1. The molecule has 2 aromatic carbocycles. The van der Waals surface area contributed by atoms with E-state index < -0.39 is 5.91 Å². The van der Waals surface area contributed by atoms with Crippen molar-refractivity contribution in [3.05, 3.63) is 77.3 Å². The summed E-state index contributed by atoms with van der Waals surface area (Å²) in [6.07, 6.45) is 1.82. The van der Waals surface area contributed by atoms with E-state index in [1.165, 1.54) is 0 Å². The number of nitrogens with zero attached hydrogens (tertiary/aromatic N) is 1. The first-order valence-electron chi connectivity index (χ1n) is 9.58. The Morgan fingerprint density at radius 2 is 2.03 bits per heavy atom. The zero-order valence-corrected chi connectivity index (χ0v) is 16.6. The highest BCUT2D eigenvalue weighted by Crippen LogP contribution is 2.34. The van der Waals surface area contributed by atoms with Crippen molar-refractivity contribution in [2.45, 2.75) is 6.54 Å². The number of carbonyl (C=O) groups is 2. The number of nitrogens with one attached hydrogen (secondary N) is 3. The van der Waals surface area contributed by atoms with Gasteiger partial charge in [-0.1, -0.05) is 30.3 Å². The molecule has 5 N–H and O–H groups in total. The quantitative estimate of drug-likeness (QED) is 0.579. The molecular weight excluding hydrogens is 382 g/mol. The summed E-state index contributed by atoms with van der Waals surface area (Å²) in [5, 5.41) is 9.75. The summed E-state index contributed by atoms with van der Waals surface area (Å²) < 4.78 is 5.46. The number of anilines is 2. The number of ether oxygens (including phenoxy) is 1. The Morgan fingerprint density at radius 1 is 1.23 bits per heavy atom. The Morgan fingerprint density at radius 3 is 2.80 bits per heavy atom. The van der Waals surface area contributed by atoms with Gasteiger partial charge in [-0.2, -0.15) is 0 Å². The summed E-state index contributed by atoms with van der Waals surface area (Å²) in [6, 6.07) is 15.4. The maximum Gasteiger partial charge on any atom is 0.264 e. The SMILES string of the molecule is CN1C(=O)COc2ccc(NC3=CC(NCc4ccccc4)=C(C(N)=O)CN3)cc21. The number of amides is 2. The van der Waals surface area contributed by atoms with E-state index in [9.17, 15) is 9.59 Å². The molecule has 2 amide bonds. The van der Waals surface area contributed by atoms with Crippen molar-refractivity contribution in [3.63, 3.8) is 0 Å². The van der Waals surface area contributed by atoms with Crippen LogP contribution in [0.25, 0.3) is 0 Å². The molecule has 0 unspecified atom stereocenters. The number of allylic oxidation sites excluding steroid dienone is 1. The third-order valence-corrected chi connectivity index (χ3v) is 5.02. The average molecular weight is 405 g/mol. The van der Waals surface area contributed by atoms with E-state index in [4.69, 9.17) is 10.5 Å². The Balaban J connectivity index is 1.54. The van der Waals surface area contributed by atoms with Gasteiger partial charge < -0.3 is 31.3 Å². The molecule has 2 aromatic rings. The lowest BCUT2D eigenvalue weighted by atomic mass is 10.1. The fourth-order valence-corrected chi connectivity index (χ4v) is 3.32. The van der Waals surface area contributed by atoms with E-state index in [2.05, 4.69) is 16.0 Å². The summed E-state index contributed by atoms with van der Waals surface area (Å²) in [4.78, 5) is 25.3. The number of likely N-dealkylation sites (N-methyl/N-ethyl adjacent to an activating group) is 1. The standard InChI is InChI=1S/C22H23N5O3/c1-27-18-9-15(7-8-19(18)30-13-21(27)28)26-20-10-17(16(12-25-20)22(23)29)24-11-14-5-3-2-4-6-14/h2-10,24-26H,11-13H2,1H3,(H2,23,29). The van der Waals surface area contributed by atoms with Crippen molar-refractivity contribution in [1.29, 1.82) is 0 Å². The van der Waals surface area contributed by atoms with E-state index in [1.54, 1.807) is 11.9 Å². The van der Waals surface area contributed by atoms with Gasteiger partial charge in [-0.25, -0.2) is 0 Å². The van der Waals surface area contributed by atoms with Crippen molar-refractivity contribution >= 4 is 23.2 Å². The van der Waals surface area contributed by atoms with Crippen LogP contribution in [0.1, 0.15) is 5.56 Å². The Hall–Kier alpha value is -3.94. The van der Waals surface area contributed by atoms with Crippen molar-refractivity contribution < 1.29 is 14.3 Å². The first kappa shape index (κ1) is 19.4. The molecule has 30 heavy (non-hydrogen) atoms. The largest absolute Gasteiger partial charge is 0.482 e. The molecule has 0 saturated carbocycles. The van der Waals surface area contributed by atoms with Gasteiger partial charge in [-0.15, -0.1) is 0 Å². The zero-order chi connectivity index (χ0) is 21.1. The number of nitrogens with two attached hydrogens (primary N) is 1. The number of carbonyl (C=O) groups excluding carboxylic acids is 2. The monoisotopic (exact) mass is 405 g/mol. The minimum absolute atomic E-state index is 0.0418. The molecule has 0 saturated heterocycles. The van der Waals surface area contributed by atoms with Gasteiger partial charge in [0.05, 0.1) is 11.3 Å². The van der Waals surface area contributed by atoms with Gasteiger partial charge in [0.25, 0.3) is 5.91 Å². The smallest absolute Gasteiger partial charge is 0.264 e. The lowest BCUT2D eigenvalue weighted by molar-refractivity contribution is -0.121. The van der Waals surface area contributed by atoms with Crippen molar-refractivity contribution in [1.82, 2.24) is 10.6 Å². The van der Waals surface area contributed by atoms with Gasteiger partial charge in [-0.05, 0) is 23.8 Å². The highest BCUT2D eigenvalue weighted by Gasteiger charge is 2.23. The van der Waals surface area contributed by atoms with Gasteiger partial charge in [-0.3, -0.25) is 9.59 Å². The molecule has 0 aliphatic carbocycles. The van der Waals surface area contributed by atoms with Gasteiger partial charge >= 0.3 is 0 Å². The van der Waals surface area contributed by atoms with E-state index in [0.29, 0.717) is 41.6 Å². The number of dihydropyridines is 1. The molecule has 0 bridgehead atoms. The number of fused-ring (bicyclic) bond motifs is 1. The topological polar surface area (TPSA) is 109 Å². The molecule has 0 spiro atoms. The van der Waals surface area contributed by atoms with Crippen LogP contribution in [0, 0.1) is 0 Å². The van der Waals surface area contributed by atoms with Crippen LogP contribution in [-0.4, -0.2) is 32.0 Å². The van der Waals surface area contributed by atoms with E-state index in [-0.39, 0.29) is 12.5 Å². The predicted molar refractivity (Wildman–Crippen MR) is 115 cm³/mol. The maximum absolute atomic E-state index is 11.9. The van der Waals surface area contributed by atoms with Crippen LogP contribution in [0.4, 0.5) is 11.4 Å². The first-order valence-corrected chi connectivity index (χ1v) is 9.58. The summed E-state index contributed by atoms with van der Waals surface area (Å²) in [5.41, 5.74) is 9.28. The fourth-order valence-electron chi connectivity index (χ4n) is 3.32. The molecule has 2 heterocycles. The third-order valence-electron chi connectivity index (χ3n) is 5.02. The molecule has 154 valence electrons. The third kappa shape index (κ3) is 4.07. The molecule has 2 aliphatic rings. The van der Waals surface area contributed by atoms with E-state index >= 15 is 0 Å². The molecule has 0 aromatic heterocycles. The lowest BCUT2D eigenvalue weighted by Gasteiger charge is -2.27. The average Bonchev–Trinajstić information content (AvgIpc) is 2.76. The van der Waals surface area contributed by atoms with Crippen LogP contribution in [0.5, 0.6) is 5.75 Å². The van der Waals surface area contributed by atoms with Crippen LogP contribution in [0.3, 0.4) is 0 Å². The molecule has 0 radical (unpaired) electrons. The molecule has 8 heteroatoms. The second-order valence-corrected chi connectivity index (χ2v) is 7.06. The zero-order valence-electron chi connectivity index (χ0n) is 16.6. The number of hydrogen-bond acceptors (Lipinski definition) is 6. The van der Waals surface area contributed by atoms with E-state index in [1.807, 2.05) is 54.6 Å². The second kappa shape index (κ2) is 8.20. The van der Waals surface area contributed by atoms with Gasteiger partial charge in [0.15, 0.2) is 6.61 Å². The Labute approximate surface area is 174 Å². The van der Waals surface area contributed by atoms with Crippen molar-refractivity contribution in [2.75, 3.05) is 30.4 Å². The number of hydrogen-bond donors (Lipinski definition) is 4. The van der Waals surface area contributed by atoms with Crippen LogP contribution in [0.2, 0.25) is 0 Å². The molecule has 0 atom stereocenters. The Bertz CT molecular complexity index is 1050.